The third-order valence-electron chi connectivity index (χ3n) is 3.83. The lowest BCUT2D eigenvalue weighted by molar-refractivity contribution is 0.304. The molecular weight excluding hydrogens is 260 g/mol. The third kappa shape index (κ3) is 8.08. The quantitative estimate of drug-likeness (QED) is 0.568. The first-order chi connectivity index (χ1) is 10.3. The van der Waals surface area contributed by atoms with Crippen LogP contribution in [0.5, 0.6) is 5.75 Å². The van der Waals surface area contributed by atoms with Crippen molar-refractivity contribution >= 4 is 0 Å². The average molecular weight is 292 g/mol. The molecule has 0 saturated heterocycles. The molecule has 0 fully saturated rings. The molecule has 0 amide bonds. The highest BCUT2D eigenvalue weighted by Gasteiger charge is 2.03. The van der Waals surface area contributed by atoms with E-state index in [2.05, 4.69) is 6.92 Å². The van der Waals surface area contributed by atoms with Crippen molar-refractivity contribution in [1.29, 1.82) is 0 Å². The molecule has 0 aromatic heterocycles. The fraction of sp³-hybridized carbons (Fsp3) is 0.667. The lowest BCUT2D eigenvalue weighted by atomic mass is 10.1. The van der Waals surface area contributed by atoms with Gasteiger partial charge in [0.25, 0.3) is 0 Å². The van der Waals surface area contributed by atoms with Crippen LogP contribution < -0.4 is 16.2 Å². The number of hydrogen-bond acceptors (Lipinski definition) is 3. The van der Waals surface area contributed by atoms with Crippen molar-refractivity contribution in [2.75, 3.05) is 13.2 Å². The summed E-state index contributed by atoms with van der Waals surface area (Å²) in [5.41, 5.74) is 12.5. The second kappa shape index (κ2) is 11.6. The van der Waals surface area contributed by atoms with E-state index in [4.69, 9.17) is 16.2 Å². The molecule has 0 saturated carbocycles. The summed E-state index contributed by atoms with van der Waals surface area (Å²) in [5, 5.41) is 0. The lowest BCUT2D eigenvalue weighted by Gasteiger charge is -2.10. The molecule has 1 aromatic rings. The van der Waals surface area contributed by atoms with Gasteiger partial charge in [-0.3, -0.25) is 0 Å². The van der Waals surface area contributed by atoms with Gasteiger partial charge >= 0.3 is 0 Å². The molecule has 1 aromatic carbocycles. The van der Waals surface area contributed by atoms with Crippen LogP contribution in [0.4, 0.5) is 0 Å². The Morgan fingerprint density at radius 2 is 1.48 bits per heavy atom. The van der Waals surface area contributed by atoms with Gasteiger partial charge < -0.3 is 16.2 Å². The molecule has 3 heteroatoms. The highest BCUT2D eigenvalue weighted by molar-refractivity contribution is 5.29. The van der Waals surface area contributed by atoms with Crippen molar-refractivity contribution in [2.45, 2.75) is 64.3 Å². The zero-order valence-electron chi connectivity index (χ0n) is 13.5. The van der Waals surface area contributed by atoms with E-state index in [1.54, 1.807) is 0 Å². The Labute approximate surface area is 130 Å². The van der Waals surface area contributed by atoms with Crippen LogP contribution in [0.15, 0.2) is 24.3 Å². The number of hydrogen-bond donors (Lipinski definition) is 2. The van der Waals surface area contributed by atoms with E-state index in [9.17, 15) is 0 Å². The Hall–Kier alpha value is -1.06. The van der Waals surface area contributed by atoms with Gasteiger partial charge in [0.1, 0.15) is 5.75 Å². The SMILES string of the molecule is CCCCCCCCCCOc1ccc(C(N)CN)cc1. The van der Waals surface area contributed by atoms with Gasteiger partial charge in [-0.25, -0.2) is 0 Å². The van der Waals surface area contributed by atoms with Crippen LogP contribution in [0, 0.1) is 0 Å². The Balaban J connectivity index is 2.05. The number of ether oxygens (including phenoxy) is 1. The maximum absolute atomic E-state index is 5.88. The van der Waals surface area contributed by atoms with Crippen LogP contribution in [-0.2, 0) is 0 Å². The summed E-state index contributed by atoms with van der Waals surface area (Å²) >= 11 is 0. The van der Waals surface area contributed by atoms with Gasteiger partial charge in [0.05, 0.1) is 6.61 Å². The van der Waals surface area contributed by atoms with Crippen molar-refractivity contribution in [3.63, 3.8) is 0 Å². The van der Waals surface area contributed by atoms with Crippen LogP contribution >= 0.6 is 0 Å². The summed E-state index contributed by atoms with van der Waals surface area (Å²) in [7, 11) is 0. The topological polar surface area (TPSA) is 61.3 Å². The molecule has 0 radical (unpaired) electrons. The molecule has 0 aliphatic rings. The van der Waals surface area contributed by atoms with Crippen molar-refractivity contribution in [3.05, 3.63) is 29.8 Å². The summed E-state index contributed by atoms with van der Waals surface area (Å²) in [4.78, 5) is 0. The molecule has 0 aliphatic heterocycles. The van der Waals surface area contributed by atoms with Gasteiger partial charge in [0.2, 0.25) is 0 Å². The van der Waals surface area contributed by atoms with E-state index < -0.39 is 0 Å². The van der Waals surface area contributed by atoms with E-state index in [-0.39, 0.29) is 6.04 Å². The van der Waals surface area contributed by atoms with Crippen LogP contribution in [0.2, 0.25) is 0 Å². The first-order valence-corrected chi connectivity index (χ1v) is 8.46. The monoisotopic (exact) mass is 292 g/mol. The van der Waals surface area contributed by atoms with Gasteiger partial charge in [-0.2, -0.15) is 0 Å². The van der Waals surface area contributed by atoms with Crippen molar-refractivity contribution in [2.24, 2.45) is 11.5 Å². The van der Waals surface area contributed by atoms with Crippen LogP contribution in [-0.4, -0.2) is 13.2 Å². The Morgan fingerprint density at radius 3 is 2.05 bits per heavy atom. The maximum Gasteiger partial charge on any atom is 0.119 e. The molecule has 1 rings (SSSR count). The predicted molar refractivity (Wildman–Crippen MR) is 90.5 cm³/mol. The van der Waals surface area contributed by atoms with Gasteiger partial charge in [-0.05, 0) is 24.1 Å². The number of unbranched alkanes of at least 4 members (excludes halogenated alkanes) is 7. The van der Waals surface area contributed by atoms with Crippen LogP contribution in [0.25, 0.3) is 0 Å². The molecule has 21 heavy (non-hydrogen) atoms. The molecule has 4 N–H and O–H groups in total. The molecule has 0 bridgehead atoms. The minimum absolute atomic E-state index is 0.0771. The third-order valence-corrected chi connectivity index (χ3v) is 3.83. The second-order valence-corrected chi connectivity index (χ2v) is 5.73. The molecule has 0 heterocycles. The molecule has 0 spiro atoms. The molecular formula is C18H32N2O. The number of rotatable bonds is 12. The minimum atomic E-state index is -0.0771. The van der Waals surface area contributed by atoms with Crippen molar-refractivity contribution in [1.82, 2.24) is 0 Å². The second-order valence-electron chi connectivity index (χ2n) is 5.73. The molecule has 0 aliphatic carbocycles. The van der Waals surface area contributed by atoms with Gasteiger partial charge in [0, 0.05) is 12.6 Å². The zero-order chi connectivity index (χ0) is 15.3. The molecule has 1 unspecified atom stereocenters. The molecule has 1 atom stereocenters. The lowest BCUT2D eigenvalue weighted by Crippen LogP contribution is -2.20. The van der Waals surface area contributed by atoms with E-state index >= 15 is 0 Å². The number of nitrogens with two attached hydrogens (primary N) is 2. The minimum Gasteiger partial charge on any atom is -0.494 e. The maximum atomic E-state index is 5.88. The highest BCUT2D eigenvalue weighted by Crippen LogP contribution is 2.16. The summed E-state index contributed by atoms with van der Waals surface area (Å²) < 4.78 is 5.75. The smallest absolute Gasteiger partial charge is 0.119 e. The normalized spacial score (nSPS) is 12.3. The van der Waals surface area contributed by atoms with Crippen molar-refractivity contribution in [3.8, 4) is 5.75 Å². The molecule has 3 nitrogen and oxygen atoms in total. The largest absolute Gasteiger partial charge is 0.494 e. The fourth-order valence-electron chi connectivity index (χ4n) is 2.37. The first kappa shape index (κ1) is 18.0. The Kier molecular flexibility index (Phi) is 9.92. The highest BCUT2D eigenvalue weighted by atomic mass is 16.5. The van der Waals surface area contributed by atoms with Crippen LogP contribution in [0.1, 0.15) is 69.9 Å². The number of benzene rings is 1. The summed E-state index contributed by atoms with van der Waals surface area (Å²) in [6.45, 7) is 3.53. The summed E-state index contributed by atoms with van der Waals surface area (Å²) in [6.07, 6.45) is 10.6. The Bertz CT molecular complexity index is 351. The van der Waals surface area contributed by atoms with Crippen LogP contribution in [0.3, 0.4) is 0 Å². The van der Waals surface area contributed by atoms with E-state index in [0.29, 0.717) is 6.54 Å². The fourth-order valence-corrected chi connectivity index (χ4v) is 2.37. The zero-order valence-corrected chi connectivity index (χ0v) is 13.5. The van der Waals surface area contributed by atoms with Gasteiger partial charge in [-0.15, -0.1) is 0 Å². The van der Waals surface area contributed by atoms with E-state index in [1.807, 2.05) is 24.3 Å². The average Bonchev–Trinajstić information content (AvgIpc) is 2.53. The summed E-state index contributed by atoms with van der Waals surface area (Å²) in [6, 6.07) is 7.89. The van der Waals surface area contributed by atoms with Crippen molar-refractivity contribution < 1.29 is 4.74 Å². The molecule has 120 valence electrons. The van der Waals surface area contributed by atoms with E-state index in [1.165, 1.54) is 44.9 Å². The van der Waals surface area contributed by atoms with Gasteiger partial charge in [-0.1, -0.05) is 64.0 Å². The summed E-state index contributed by atoms with van der Waals surface area (Å²) in [5.74, 6) is 0.922. The predicted octanol–water partition coefficient (Wildman–Crippen LogP) is 4.16. The van der Waals surface area contributed by atoms with E-state index in [0.717, 1.165) is 24.3 Å². The standard InChI is InChI=1S/C18H32N2O/c1-2-3-4-5-6-7-8-9-14-21-17-12-10-16(11-13-17)18(20)15-19/h10-13,18H,2-9,14-15,19-20H2,1H3. The Morgan fingerprint density at radius 1 is 0.905 bits per heavy atom. The van der Waals surface area contributed by atoms with Gasteiger partial charge in [0.15, 0.2) is 0 Å². The first-order valence-electron chi connectivity index (χ1n) is 8.46.